The molecule has 2 unspecified atom stereocenters. The number of nitrogens with one attached hydrogen (secondary N) is 1. The maximum Gasteiger partial charge on any atom is 0.250 e. The Bertz CT molecular complexity index is 504. The van der Waals surface area contributed by atoms with Crippen LogP contribution in [0.15, 0.2) is 12.1 Å². The summed E-state index contributed by atoms with van der Waals surface area (Å²) < 4.78 is 0. The molecule has 1 aromatic carbocycles. The van der Waals surface area contributed by atoms with Crippen molar-refractivity contribution >= 4 is 23.0 Å². The van der Waals surface area contributed by atoms with Crippen LogP contribution in [0.2, 0.25) is 0 Å². The molecule has 2 atom stereocenters. The number of carbonyl (C=O) groups excluding carboxylic acids is 1. The molecule has 96 valence electrons. The van der Waals surface area contributed by atoms with Crippen LogP contribution in [0.3, 0.4) is 0 Å². The second-order valence-corrected chi connectivity index (χ2v) is 5.23. The van der Waals surface area contributed by atoms with Crippen LogP contribution in [0.1, 0.15) is 16.8 Å². The standard InChI is InChI=1S/C13H18N4O/c1-16-11-4-12(9(13(15)18)3-10(11)14)17-5-7-2-8(7)6-17/h3-4,7-8,16H,2,5-6,14H2,1H3,(H2,15,18). The highest BCUT2D eigenvalue weighted by Crippen LogP contribution is 2.47. The van der Waals surface area contributed by atoms with Crippen LogP contribution in [0.25, 0.3) is 0 Å². The lowest BCUT2D eigenvalue weighted by molar-refractivity contribution is 0.100. The Morgan fingerprint density at radius 2 is 2.06 bits per heavy atom. The van der Waals surface area contributed by atoms with Crippen molar-refractivity contribution in [2.24, 2.45) is 17.6 Å². The Hall–Kier alpha value is -1.91. The topological polar surface area (TPSA) is 84.4 Å². The van der Waals surface area contributed by atoms with Gasteiger partial charge in [-0.1, -0.05) is 0 Å². The molecule has 2 fully saturated rings. The van der Waals surface area contributed by atoms with Crippen molar-refractivity contribution in [1.29, 1.82) is 0 Å². The Morgan fingerprint density at radius 1 is 1.39 bits per heavy atom. The van der Waals surface area contributed by atoms with Gasteiger partial charge in [0.2, 0.25) is 0 Å². The van der Waals surface area contributed by atoms with Gasteiger partial charge < -0.3 is 21.7 Å². The highest BCUT2D eigenvalue weighted by Gasteiger charge is 2.45. The summed E-state index contributed by atoms with van der Waals surface area (Å²) in [4.78, 5) is 13.8. The fourth-order valence-corrected chi connectivity index (χ4v) is 2.88. The van der Waals surface area contributed by atoms with Crippen LogP contribution in [-0.2, 0) is 0 Å². The lowest BCUT2D eigenvalue weighted by atomic mass is 10.1. The van der Waals surface area contributed by atoms with Gasteiger partial charge in [-0.3, -0.25) is 4.79 Å². The summed E-state index contributed by atoms with van der Waals surface area (Å²) in [5, 5.41) is 3.04. The summed E-state index contributed by atoms with van der Waals surface area (Å²) in [5.74, 6) is 1.20. The van der Waals surface area contributed by atoms with E-state index in [-0.39, 0.29) is 0 Å². The van der Waals surface area contributed by atoms with Crippen LogP contribution in [0, 0.1) is 11.8 Å². The van der Waals surface area contributed by atoms with Gasteiger partial charge in [0, 0.05) is 20.1 Å². The zero-order valence-corrected chi connectivity index (χ0v) is 10.4. The minimum absolute atomic E-state index is 0.417. The molecular formula is C13H18N4O. The fraction of sp³-hybridized carbons (Fsp3) is 0.462. The summed E-state index contributed by atoms with van der Waals surface area (Å²) >= 11 is 0. The van der Waals surface area contributed by atoms with Crippen molar-refractivity contribution in [1.82, 2.24) is 0 Å². The number of anilines is 3. The summed E-state index contributed by atoms with van der Waals surface area (Å²) in [7, 11) is 1.82. The van der Waals surface area contributed by atoms with Crippen LogP contribution in [0.5, 0.6) is 0 Å². The number of nitrogens with two attached hydrogens (primary N) is 2. The number of piperidine rings is 1. The molecule has 1 aromatic rings. The number of benzene rings is 1. The molecule has 3 rings (SSSR count). The van der Waals surface area contributed by atoms with E-state index >= 15 is 0 Å². The number of nitrogen functional groups attached to an aromatic ring is 1. The molecule has 0 aromatic heterocycles. The Labute approximate surface area is 106 Å². The van der Waals surface area contributed by atoms with Crippen molar-refractivity contribution in [2.45, 2.75) is 6.42 Å². The van der Waals surface area contributed by atoms with E-state index in [2.05, 4.69) is 10.2 Å². The fourth-order valence-electron chi connectivity index (χ4n) is 2.88. The highest BCUT2D eigenvalue weighted by molar-refractivity contribution is 6.01. The first-order valence-corrected chi connectivity index (χ1v) is 6.26. The molecule has 1 saturated carbocycles. The molecule has 18 heavy (non-hydrogen) atoms. The SMILES string of the molecule is CNc1cc(N2CC3CC3C2)c(C(N)=O)cc1N. The van der Waals surface area contributed by atoms with E-state index in [9.17, 15) is 4.79 Å². The maximum atomic E-state index is 11.5. The third-order valence-electron chi connectivity index (χ3n) is 4.02. The lowest BCUT2D eigenvalue weighted by Crippen LogP contribution is -2.26. The van der Waals surface area contributed by atoms with Gasteiger partial charge in [0.1, 0.15) is 0 Å². The van der Waals surface area contributed by atoms with E-state index in [1.54, 1.807) is 6.07 Å². The second-order valence-electron chi connectivity index (χ2n) is 5.23. The molecule has 5 N–H and O–H groups in total. The largest absolute Gasteiger partial charge is 0.397 e. The van der Waals surface area contributed by atoms with E-state index < -0.39 is 5.91 Å². The normalized spacial score (nSPS) is 24.8. The lowest BCUT2D eigenvalue weighted by Gasteiger charge is -2.24. The number of hydrogen-bond donors (Lipinski definition) is 3. The Morgan fingerprint density at radius 3 is 2.61 bits per heavy atom. The van der Waals surface area contributed by atoms with Gasteiger partial charge in [-0.25, -0.2) is 0 Å². The average molecular weight is 246 g/mol. The summed E-state index contributed by atoms with van der Waals surface area (Å²) in [6.45, 7) is 2.05. The number of rotatable bonds is 3. The molecule has 0 bridgehead atoms. The van der Waals surface area contributed by atoms with Crippen LogP contribution in [-0.4, -0.2) is 26.0 Å². The number of carbonyl (C=O) groups is 1. The van der Waals surface area contributed by atoms with E-state index in [0.29, 0.717) is 11.3 Å². The zero-order valence-electron chi connectivity index (χ0n) is 10.4. The Balaban J connectivity index is 2.01. The second kappa shape index (κ2) is 3.80. The summed E-state index contributed by atoms with van der Waals surface area (Å²) in [5.41, 5.74) is 14.2. The number of nitrogens with zero attached hydrogens (tertiary/aromatic N) is 1. The van der Waals surface area contributed by atoms with Crippen LogP contribution < -0.4 is 21.7 Å². The van der Waals surface area contributed by atoms with E-state index in [4.69, 9.17) is 11.5 Å². The van der Waals surface area contributed by atoms with Crippen molar-refractivity contribution < 1.29 is 4.79 Å². The molecule has 0 radical (unpaired) electrons. The molecule has 1 aliphatic carbocycles. The van der Waals surface area contributed by atoms with E-state index in [1.807, 2.05) is 13.1 Å². The first-order chi connectivity index (χ1) is 8.60. The predicted molar refractivity (Wildman–Crippen MR) is 72.7 cm³/mol. The quantitative estimate of drug-likeness (QED) is 0.691. The number of amides is 1. The molecule has 1 aliphatic heterocycles. The van der Waals surface area contributed by atoms with Crippen molar-refractivity contribution in [2.75, 3.05) is 36.1 Å². The molecule has 2 aliphatic rings. The van der Waals surface area contributed by atoms with Gasteiger partial charge in [0.15, 0.2) is 0 Å². The average Bonchev–Trinajstić information content (AvgIpc) is 2.95. The van der Waals surface area contributed by atoms with Gasteiger partial charge in [-0.2, -0.15) is 0 Å². The Kier molecular flexibility index (Phi) is 2.36. The van der Waals surface area contributed by atoms with Crippen molar-refractivity contribution in [3.8, 4) is 0 Å². The van der Waals surface area contributed by atoms with Crippen LogP contribution in [0.4, 0.5) is 17.1 Å². The molecule has 5 heteroatoms. The third-order valence-corrected chi connectivity index (χ3v) is 4.02. The summed E-state index contributed by atoms with van der Waals surface area (Å²) in [6.07, 6.45) is 1.33. The number of fused-ring (bicyclic) bond motifs is 1. The van der Waals surface area contributed by atoms with Gasteiger partial charge in [-0.15, -0.1) is 0 Å². The van der Waals surface area contributed by atoms with E-state index in [0.717, 1.165) is 36.3 Å². The van der Waals surface area contributed by atoms with Crippen molar-refractivity contribution in [3.63, 3.8) is 0 Å². The highest BCUT2D eigenvalue weighted by atomic mass is 16.1. The first-order valence-electron chi connectivity index (χ1n) is 6.26. The first kappa shape index (κ1) is 11.2. The molecule has 5 nitrogen and oxygen atoms in total. The third kappa shape index (κ3) is 1.66. The van der Waals surface area contributed by atoms with Gasteiger partial charge >= 0.3 is 0 Å². The minimum atomic E-state index is -0.417. The molecule has 0 spiro atoms. The molecule has 1 saturated heterocycles. The molecular weight excluding hydrogens is 228 g/mol. The van der Waals surface area contributed by atoms with Gasteiger partial charge in [0.25, 0.3) is 5.91 Å². The number of hydrogen-bond acceptors (Lipinski definition) is 4. The van der Waals surface area contributed by atoms with E-state index in [1.165, 1.54) is 6.42 Å². The molecule has 1 heterocycles. The zero-order chi connectivity index (χ0) is 12.9. The minimum Gasteiger partial charge on any atom is -0.397 e. The van der Waals surface area contributed by atoms with Crippen molar-refractivity contribution in [3.05, 3.63) is 17.7 Å². The monoisotopic (exact) mass is 246 g/mol. The van der Waals surface area contributed by atoms with Crippen LogP contribution >= 0.6 is 0 Å². The smallest absolute Gasteiger partial charge is 0.250 e. The predicted octanol–water partition coefficient (Wildman–Crippen LogP) is 0.865. The molecule has 1 amide bonds. The maximum absolute atomic E-state index is 11.5. The van der Waals surface area contributed by atoms with Gasteiger partial charge in [-0.05, 0) is 30.4 Å². The van der Waals surface area contributed by atoms with Gasteiger partial charge in [0.05, 0.1) is 22.6 Å². The summed E-state index contributed by atoms with van der Waals surface area (Å²) in [6, 6.07) is 3.60. The number of primary amides is 1.